The minimum atomic E-state index is 0.616. The Bertz CT molecular complexity index is 463. The molecule has 0 saturated heterocycles. The highest BCUT2D eigenvalue weighted by molar-refractivity contribution is 5.52. The fraction of sp³-hybridized carbons (Fsp3) is 0.444. The average Bonchev–Trinajstić information content (AvgIpc) is 2.49. The van der Waals surface area contributed by atoms with Crippen molar-refractivity contribution in [1.82, 2.24) is 19.8 Å². The maximum absolute atomic E-state index is 5.45. The fourth-order valence-electron chi connectivity index (χ4n) is 1.33. The number of fused-ring (bicyclic) bond motifs is 1. The number of hydrogen-bond acceptors (Lipinski definition) is 4. The SMILES string of the molecule is CCOc1cc(C)nn2c(C)nnc12. The first-order chi connectivity index (χ1) is 6.72. The first-order valence-corrected chi connectivity index (χ1v) is 4.55. The summed E-state index contributed by atoms with van der Waals surface area (Å²) in [4.78, 5) is 0. The van der Waals surface area contributed by atoms with Crippen LogP contribution in [-0.2, 0) is 0 Å². The summed E-state index contributed by atoms with van der Waals surface area (Å²) in [5.74, 6) is 1.50. The van der Waals surface area contributed by atoms with Gasteiger partial charge < -0.3 is 4.74 Å². The molecule has 0 atom stereocenters. The number of hydrogen-bond donors (Lipinski definition) is 0. The predicted octanol–water partition coefficient (Wildman–Crippen LogP) is 1.14. The van der Waals surface area contributed by atoms with Crippen LogP contribution in [0.5, 0.6) is 5.75 Å². The van der Waals surface area contributed by atoms with Gasteiger partial charge in [-0.3, -0.25) is 0 Å². The van der Waals surface area contributed by atoms with E-state index in [4.69, 9.17) is 4.74 Å². The molecular weight excluding hydrogens is 180 g/mol. The van der Waals surface area contributed by atoms with Crippen LogP contribution in [0.15, 0.2) is 6.07 Å². The lowest BCUT2D eigenvalue weighted by Crippen LogP contribution is -2.01. The van der Waals surface area contributed by atoms with Gasteiger partial charge in [0.15, 0.2) is 11.6 Å². The summed E-state index contributed by atoms with van der Waals surface area (Å²) < 4.78 is 7.14. The lowest BCUT2D eigenvalue weighted by molar-refractivity contribution is 0.341. The molecule has 0 spiro atoms. The van der Waals surface area contributed by atoms with E-state index in [-0.39, 0.29) is 0 Å². The van der Waals surface area contributed by atoms with Gasteiger partial charge in [0.05, 0.1) is 12.3 Å². The van der Waals surface area contributed by atoms with Gasteiger partial charge in [-0.25, -0.2) is 0 Å². The number of nitrogens with zero attached hydrogens (tertiary/aromatic N) is 4. The van der Waals surface area contributed by atoms with E-state index in [1.54, 1.807) is 4.52 Å². The number of aryl methyl sites for hydroxylation is 2. The third kappa shape index (κ3) is 1.30. The van der Waals surface area contributed by atoms with Crippen molar-refractivity contribution < 1.29 is 4.74 Å². The molecule has 2 aromatic heterocycles. The van der Waals surface area contributed by atoms with Crippen LogP contribution in [-0.4, -0.2) is 26.4 Å². The maximum atomic E-state index is 5.45. The largest absolute Gasteiger partial charge is 0.490 e. The second kappa shape index (κ2) is 3.25. The van der Waals surface area contributed by atoms with Gasteiger partial charge in [0, 0.05) is 6.07 Å². The Morgan fingerprint density at radius 2 is 2.14 bits per heavy atom. The summed E-state index contributed by atoms with van der Waals surface area (Å²) in [7, 11) is 0. The van der Waals surface area contributed by atoms with Crippen molar-refractivity contribution in [3.05, 3.63) is 17.6 Å². The van der Waals surface area contributed by atoms with Gasteiger partial charge in [-0.15, -0.1) is 10.2 Å². The molecule has 2 rings (SSSR count). The molecule has 0 fully saturated rings. The zero-order valence-corrected chi connectivity index (χ0v) is 8.48. The number of aromatic nitrogens is 4. The van der Waals surface area contributed by atoms with Crippen LogP contribution in [0.2, 0.25) is 0 Å². The molecular formula is C9H12N4O. The van der Waals surface area contributed by atoms with E-state index in [2.05, 4.69) is 15.3 Å². The van der Waals surface area contributed by atoms with Gasteiger partial charge in [-0.2, -0.15) is 9.61 Å². The Morgan fingerprint density at radius 3 is 2.86 bits per heavy atom. The van der Waals surface area contributed by atoms with E-state index >= 15 is 0 Å². The first kappa shape index (κ1) is 8.93. The van der Waals surface area contributed by atoms with Crippen LogP contribution >= 0.6 is 0 Å². The van der Waals surface area contributed by atoms with E-state index < -0.39 is 0 Å². The quantitative estimate of drug-likeness (QED) is 0.716. The van der Waals surface area contributed by atoms with Gasteiger partial charge >= 0.3 is 0 Å². The monoisotopic (exact) mass is 192 g/mol. The molecule has 0 radical (unpaired) electrons. The molecule has 5 nitrogen and oxygen atoms in total. The Balaban J connectivity index is 2.68. The van der Waals surface area contributed by atoms with E-state index in [0.717, 1.165) is 17.3 Å². The molecule has 2 aromatic rings. The van der Waals surface area contributed by atoms with Crippen molar-refractivity contribution in [3.63, 3.8) is 0 Å². The van der Waals surface area contributed by atoms with Gasteiger partial charge in [0.1, 0.15) is 0 Å². The molecule has 5 heteroatoms. The molecule has 74 valence electrons. The Kier molecular flexibility index (Phi) is 2.07. The molecule has 0 saturated carbocycles. The van der Waals surface area contributed by atoms with Crippen molar-refractivity contribution in [2.45, 2.75) is 20.8 Å². The normalized spacial score (nSPS) is 10.8. The number of ether oxygens (including phenoxy) is 1. The van der Waals surface area contributed by atoms with Crippen molar-refractivity contribution >= 4 is 5.65 Å². The zero-order valence-electron chi connectivity index (χ0n) is 8.48. The zero-order chi connectivity index (χ0) is 10.1. The molecule has 0 amide bonds. The highest BCUT2D eigenvalue weighted by Crippen LogP contribution is 2.18. The van der Waals surface area contributed by atoms with E-state index in [1.165, 1.54) is 0 Å². The fourth-order valence-corrected chi connectivity index (χ4v) is 1.33. The standard InChI is InChI=1S/C9H12N4O/c1-4-14-8-5-6(2)12-13-7(3)10-11-9(8)13/h5H,4H2,1-3H3. The minimum absolute atomic E-state index is 0.616. The molecule has 0 aromatic carbocycles. The summed E-state index contributed by atoms with van der Waals surface area (Å²) in [5.41, 5.74) is 1.57. The van der Waals surface area contributed by atoms with Gasteiger partial charge in [-0.05, 0) is 20.8 Å². The Morgan fingerprint density at radius 1 is 1.36 bits per heavy atom. The summed E-state index contributed by atoms with van der Waals surface area (Å²) in [5, 5.41) is 12.2. The van der Waals surface area contributed by atoms with Crippen molar-refractivity contribution in [2.75, 3.05) is 6.61 Å². The summed E-state index contributed by atoms with van der Waals surface area (Å²) in [6, 6.07) is 1.87. The molecule has 0 unspecified atom stereocenters. The van der Waals surface area contributed by atoms with Crippen LogP contribution in [0.25, 0.3) is 5.65 Å². The maximum Gasteiger partial charge on any atom is 0.219 e. The summed E-state index contributed by atoms with van der Waals surface area (Å²) in [6.07, 6.45) is 0. The van der Waals surface area contributed by atoms with Gasteiger partial charge in [0.2, 0.25) is 5.65 Å². The van der Waals surface area contributed by atoms with Crippen LogP contribution < -0.4 is 4.74 Å². The molecule has 0 aliphatic carbocycles. The highest BCUT2D eigenvalue weighted by Gasteiger charge is 2.09. The van der Waals surface area contributed by atoms with Crippen LogP contribution in [0.3, 0.4) is 0 Å². The molecule has 14 heavy (non-hydrogen) atoms. The third-order valence-corrected chi connectivity index (χ3v) is 1.91. The first-order valence-electron chi connectivity index (χ1n) is 4.55. The van der Waals surface area contributed by atoms with E-state index in [1.807, 2.05) is 26.8 Å². The Hall–Kier alpha value is -1.65. The molecule has 0 aliphatic rings. The van der Waals surface area contributed by atoms with Crippen LogP contribution in [0.1, 0.15) is 18.4 Å². The van der Waals surface area contributed by atoms with E-state index in [9.17, 15) is 0 Å². The molecule has 0 aliphatic heterocycles. The lowest BCUT2D eigenvalue weighted by atomic mass is 10.4. The molecule has 0 bridgehead atoms. The van der Waals surface area contributed by atoms with Crippen LogP contribution in [0, 0.1) is 13.8 Å². The predicted molar refractivity (Wildman–Crippen MR) is 51.4 cm³/mol. The second-order valence-electron chi connectivity index (χ2n) is 3.07. The molecule has 0 N–H and O–H groups in total. The summed E-state index contributed by atoms with van der Waals surface area (Å²) >= 11 is 0. The average molecular weight is 192 g/mol. The van der Waals surface area contributed by atoms with E-state index in [0.29, 0.717) is 12.3 Å². The van der Waals surface area contributed by atoms with Crippen molar-refractivity contribution in [1.29, 1.82) is 0 Å². The lowest BCUT2D eigenvalue weighted by Gasteiger charge is -2.04. The van der Waals surface area contributed by atoms with Gasteiger partial charge in [0.25, 0.3) is 0 Å². The minimum Gasteiger partial charge on any atom is -0.490 e. The topological polar surface area (TPSA) is 52.3 Å². The second-order valence-corrected chi connectivity index (χ2v) is 3.07. The van der Waals surface area contributed by atoms with Gasteiger partial charge in [-0.1, -0.05) is 0 Å². The van der Waals surface area contributed by atoms with Crippen molar-refractivity contribution in [2.24, 2.45) is 0 Å². The smallest absolute Gasteiger partial charge is 0.219 e. The summed E-state index contributed by atoms with van der Waals surface area (Å²) in [6.45, 7) is 6.34. The van der Waals surface area contributed by atoms with Crippen molar-refractivity contribution in [3.8, 4) is 5.75 Å². The number of rotatable bonds is 2. The molecule has 2 heterocycles. The third-order valence-electron chi connectivity index (χ3n) is 1.91. The van der Waals surface area contributed by atoms with Crippen LogP contribution in [0.4, 0.5) is 0 Å². The highest BCUT2D eigenvalue weighted by atomic mass is 16.5. The Labute approximate surface area is 81.7 Å².